The second-order valence-corrected chi connectivity index (χ2v) is 5.16. The van der Waals surface area contributed by atoms with E-state index < -0.39 is 0 Å². The van der Waals surface area contributed by atoms with E-state index in [0.29, 0.717) is 15.2 Å². The summed E-state index contributed by atoms with van der Waals surface area (Å²) in [5.41, 5.74) is 7.27. The first-order valence-corrected chi connectivity index (χ1v) is 5.83. The monoisotopic (exact) mass is 337 g/mol. The van der Waals surface area contributed by atoms with Gasteiger partial charge in [0.15, 0.2) is 5.13 Å². The minimum absolute atomic E-state index is 0. The average molecular weight is 339 g/mol. The smallest absolute Gasteiger partial charge is 0.180 e. The van der Waals surface area contributed by atoms with Crippen molar-refractivity contribution in [3.05, 3.63) is 33.1 Å². The Morgan fingerprint density at radius 1 is 1.31 bits per heavy atom. The maximum atomic E-state index is 6.08. The summed E-state index contributed by atoms with van der Waals surface area (Å²) in [7, 11) is 0. The number of thiazole rings is 1. The normalized spacial score (nSPS) is 9.94. The van der Waals surface area contributed by atoms with Gasteiger partial charge in [0.05, 0.1) is 10.7 Å². The zero-order valence-electron chi connectivity index (χ0n) is 8.30. The number of benzene rings is 1. The first kappa shape index (κ1) is 13.8. The summed E-state index contributed by atoms with van der Waals surface area (Å²) >= 11 is 13.4. The highest BCUT2D eigenvalue weighted by atomic mass is 79.9. The van der Waals surface area contributed by atoms with Gasteiger partial charge < -0.3 is 22.7 Å². The number of aryl methyl sites for hydroxylation is 1. The summed E-state index contributed by atoms with van der Waals surface area (Å²) in [5.74, 6) is 0. The summed E-state index contributed by atoms with van der Waals surface area (Å²) in [6, 6.07) is 5.30. The van der Waals surface area contributed by atoms with E-state index in [1.807, 2.05) is 6.92 Å². The molecule has 2 nitrogen and oxygen atoms in total. The number of anilines is 1. The number of hydrogen-bond acceptors (Lipinski definition) is 3. The van der Waals surface area contributed by atoms with Crippen LogP contribution in [0.2, 0.25) is 10.0 Å². The van der Waals surface area contributed by atoms with Gasteiger partial charge in [-0.25, -0.2) is 4.98 Å². The molecule has 2 aromatic rings. The molecule has 0 bridgehead atoms. The number of halogens is 3. The first-order chi connectivity index (χ1) is 7.08. The summed E-state index contributed by atoms with van der Waals surface area (Å²) in [6.07, 6.45) is 0. The van der Waals surface area contributed by atoms with Gasteiger partial charge in [0.2, 0.25) is 0 Å². The molecular formula is C10H8BrCl2N2S-. The molecule has 1 heterocycles. The van der Waals surface area contributed by atoms with Crippen LogP contribution in [0.3, 0.4) is 0 Å². The number of nitrogens with two attached hydrogens (primary N) is 1. The number of hydrogen-bond donors (Lipinski definition) is 1. The lowest BCUT2D eigenvalue weighted by atomic mass is 10.1. The van der Waals surface area contributed by atoms with E-state index in [2.05, 4.69) is 4.98 Å². The largest absolute Gasteiger partial charge is 1.00 e. The molecular weight excluding hydrogens is 331 g/mol. The Hall–Kier alpha value is -0.290. The minimum atomic E-state index is 0. The van der Waals surface area contributed by atoms with Crippen LogP contribution in [0.4, 0.5) is 5.13 Å². The standard InChI is InChI=1S/C10H8Cl2N2S.BrH/c1-5-9(14-10(13)15-5)7-4-6(11)2-3-8(7)12;/h2-4H,1H3,(H2,13,14);1H/p-1. The summed E-state index contributed by atoms with van der Waals surface area (Å²) < 4.78 is 0. The highest BCUT2D eigenvalue weighted by Crippen LogP contribution is 2.34. The number of aromatic nitrogens is 1. The highest BCUT2D eigenvalue weighted by molar-refractivity contribution is 7.15. The van der Waals surface area contributed by atoms with E-state index in [1.54, 1.807) is 18.2 Å². The van der Waals surface area contributed by atoms with E-state index in [4.69, 9.17) is 28.9 Å². The van der Waals surface area contributed by atoms with Gasteiger partial charge in [0, 0.05) is 15.5 Å². The third-order valence-corrected chi connectivity index (χ3v) is 3.36. The van der Waals surface area contributed by atoms with Crippen molar-refractivity contribution in [1.29, 1.82) is 0 Å². The van der Waals surface area contributed by atoms with E-state index in [0.717, 1.165) is 16.1 Å². The fourth-order valence-electron chi connectivity index (χ4n) is 1.35. The Morgan fingerprint density at radius 3 is 2.56 bits per heavy atom. The Labute approximate surface area is 118 Å². The van der Waals surface area contributed by atoms with Crippen molar-refractivity contribution in [2.45, 2.75) is 6.92 Å². The third kappa shape index (κ3) is 2.69. The van der Waals surface area contributed by atoms with Crippen molar-refractivity contribution in [2.24, 2.45) is 0 Å². The Balaban J connectivity index is 0.00000128. The zero-order valence-corrected chi connectivity index (χ0v) is 12.2. The van der Waals surface area contributed by atoms with Crippen LogP contribution >= 0.6 is 34.5 Å². The predicted molar refractivity (Wildman–Crippen MR) is 66.7 cm³/mol. The maximum absolute atomic E-state index is 6.08. The molecule has 16 heavy (non-hydrogen) atoms. The Kier molecular flexibility index (Phi) is 4.62. The van der Waals surface area contributed by atoms with Gasteiger partial charge in [-0.15, -0.1) is 11.3 Å². The fourth-order valence-corrected chi connectivity index (χ4v) is 2.43. The second kappa shape index (κ2) is 5.36. The molecule has 1 aromatic carbocycles. The molecule has 1 aromatic heterocycles. The van der Waals surface area contributed by atoms with Gasteiger partial charge in [0.1, 0.15) is 0 Å². The quantitative estimate of drug-likeness (QED) is 0.843. The predicted octanol–water partition coefficient (Wildman–Crippen LogP) is 1.01. The molecule has 6 heteroatoms. The van der Waals surface area contributed by atoms with Crippen LogP contribution in [0.1, 0.15) is 4.88 Å². The summed E-state index contributed by atoms with van der Waals surface area (Å²) in [4.78, 5) is 5.27. The van der Waals surface area contributed by atoms with Crippen LogP contribution in [0.25, 0.3) is 11.3 Å². The SMILES string of the molecule is Cc1sc(N)nc1-c1cc(Cl)ccc1Cl.[Br-]. The molecule has 0 spiro atoms. The minimum Gasteiger partial charge on any atom is -1.00 e. The van der Waals surface area contributed by atoms with Crippen molar-refractivity contribution in [1.82, 2.24) is 4.98 Å². The summed E-state index contributed by atoms with van der Waals surface area (Å²) in [5, 5.41) is 1.81. The van der Waals surface area contributed by atoms with Gasteiger partial charge in [-0.2, -0.15) is 0 Å². The van der Waals surface area contributed by atoms with E-state index >= 15 is 0 Å². The van der Waals surface area contributed by atoms with Crippen molar-refractivity contribution in [3.8, 4) is 11.3 Å². The van der Waals surface area contributed by atoms with Crippen LogP contribution in [-0.4, -0.2) is 4.98 Å². The first-order valence-electron chi connectivity index (χ1n) is 4.26. The molecule has 0 radical (unpaired) electrons. The highest BCUT2D eigenvalue weighted by Gasteiger charge is 2.11. The van der Waals surface area contributed by atoms with E-state index in [1.165, 1.54) is 11.3 Å². The van der Waals surface area contributed by atoms with Crippen LogP contribution < -0.4 is 22.7 Å². The molecule has 86 valence electrons. The molecule has 0 aliphatic heterocycles. The molecule has 0 aliphatic rings. The Bertz CT molecular complexity index is 514. The molecule has 0 fully saturated rings. The number of nitrogen functional groups attached to an aromatic ring is 1. The lowest BCUT2D eigenvalue weighted by Gasteiger charge is -2.02. The Morgan fingerprint density at radius 2 is 2.00 bits per heavy atom. The van der Waals surface area contributed by atoms with E-state index in [-0.39, 0.29) is 17.0 Å². The van der Waals surface area contributed by atoms with Crippen molar-refractivity contribution < 1.29 is 17.0 Å². The molecule has 0 saturated heterocycles. The van der Waals surface area contributed by atoms with Crippen LogP contribution in [0, 0.1) is 6.92 Å². The number of rotatable bonds is 1. The molecule has 2 rings (SSSR count). The lowest BCUT2D eigenvalue weighted by molar-refractivity contribution is -0.00000288. The van der Waals surface area contributed by atoms with Gasteiger partial charge in [0.25, 0.3) is 0 Å². The fraction of sp³-hybridized carbons (Fsp3) is 0.100. The van der Waals surface area contributed by atoms with E-state index in [9.17, 15) is 0 Å². The van der Waals surface area contributed by atoms with Crippen LogP contribution in [-0.2, 0) is 0 Å². The van der Waals surface area contributed by atoms with Gasteiger partial charge >= 0.3 is 0 Å². The molecule has 2 N–H and O–H groups in total. The third-order valence-electron chi connectivity index (χ3n) is 2.00. The van der Waals surface area contributed by atoms with Crippen molar-refractivity contribution in [3.63, 3.8) is 0 Å². The van der Waals surface area contributed by atoms with Gasteiger partial charge in [-0.3, -0.25) is 0 Å². The molecule has 0 unspecified atom stereocenters. The van der Waals surface area contributed by atoms with Crippen LogP contribution in [0.5, 0.6) is 0 Å². The van der Waals surface area contributed by atoms with Crippen molar-refractivity contribution in [2.75, 3.05) is 5.73 Å². The second-order valence-electron chi connectivity index (χ2n) is 3.08. The molecule has 0 amide bonds. The summed E-state index contributed by atoms with van der Waals surface area (Å²) in [6.45, 7) is 1.96. The zero-order chi connectivity index (χ0) is 11.0. The molecule has 0 saturated carbocycles. The van der Waals surface area contributed by atoms with Crippen LogP contribution in [0.15, 0.2) is 18.2 Å². The molecule has 0 atom stereocenters. The molecule has 0 aliphatic carbocycles. The van der Waals surface area contributed by atoms with Gasteiger partial charge in [-0.05, 0) is 25.1 Å². The maximum Gasteiger partial charge on any atom is 0.180 e. The topological polar surface area (TPSA) is 38.9 Å². The lowest BCUT2D eigenvalue weighted by Crippen LogP contribution is -3.00. The average Bonchev–Trinajstić information content (AvgIpc) is 2.50. The van der Waals surface area contributed by atoms with Gasteiger partial charge in [-0.1, -0.05) is 23.2 Å². The van der Waals surface area contributed by atoms with Crippen molar-refractivity contribution >= 4 is 39.7 Å². The number of nitrogens with zero attached hydrogens (tertiary/aromatic N) is 1.